The van der Waals surface area contributed by atoms with Crippen molar-refractivity contribution >= 4 is 44.7 Å². The number of hydrogen-bond acceptors (Lipinski definition) is 5. The van der Waals surface area contributed by atoms with Gasteiger partial charge in [-0.3, -0.25) is 9.52 Å². The molecule has 0 bridgehead atoms. The van der Waals surface area contributed by atoms with Gasteiger partial charge in [-0.15, -0.1) is 0 Å². The zero-order valence-corrected chi connectivity index (χ0v) is 22.6. The van der Waals surface area contributed by atoms with Crippen LogP contribution in [0.1, 0.15) is 24.0 Å². The Hall–Kier alpha value is -4.34. The maximum absolute atomic E-state index is 12.8. The Morgan fingerprint density at radius 2 is 1.36 bits per heavy atom. The van der Waals surface area contributed by atoms with Gasteiger partial charge in [-0.2, -0.15) is 5.10 Å². The summed E-state index contributed by atoms with van der Waals surface area (Å²) in [7, 11) is -3.90. The fourth-order valence-corrected chi connectivity index (χ4v) is 5.54. The number of anilines is 1. The molecule has 0 radical (unpaired) electrons. The molecule has 9 heteroatoms. The van der Waals surface area contributed by atoms with Crippen molar-refractivity contribution in [1.29, 1.82) is 0 Å². The van der Waals surface area contributed by atoms with Crippen molar-refractivity contribution < 1.29 is 13.2 Å². The second-order valence-electron chi connectivity index (χ2n) is 8.96. The normalized spacial score (nSPS) is 13.5. The molecule has 0 aromatic heterocycles. The van der Waals surface area contributed by atoms with E-state index in [0.29, 0.717) is 25.1 Å². The number of hydrazone groups is 1. The van der Waals surface area contributed by atoms with Gasteiger partial charge in [0.15, 0.2) is 5.11 Å². The molecule has 39 heavy (non-hydrogen) atoms. The van der Waals surface area contributed by atoms with Crippen LogP contribution < -0.4 is 15.0 Å². The first kappa shape index (κ1) is 26.3. The molecule has 0 fully saturated rings. The largest absolute Gasteiger partial charge is 0.358 e. The van der Waals surface area contributed by atoms with Crippen LogP contribution in [0.5, 0.6) is 0 Å². The second kappa shape index (κ2) is 11.6. The number of thiocarbonyl (C=S) groups is 1. The predicted octanol–water partition coefficient (Wildman–Crippen LogP) is 5.24. The number of carbonyl (C=O) groups is 1. The number of carbonyl (C=O) groups excluding carboxylic acids is 1. The molecule has 1 heterocycles. The van der Waals surface area contributed by atoms with Gasteiger partial charge in [0, 0.05) is 19.4 Å². The smallest absolute Gasteiger partial charge is 0.263 e. The molecular formula is C30H26N4O3S2. The Morgan fingerprint density at radius 3 is 2.03 bits per heavy atom. The van der Waals surface area contributed by atoms with Crippen LogP contribution in [-0.2, 0) is 21.4 Å². The van der Waals surface area contributed by atoms with E-state index in [2.05, 4.69) is 27.3 Å². The molecule has 0 unspecified atom stereocenters. The van der Waals surface area contributed by atoms with Gasteiger partial charge in [-0.25, -0.2) is 13.4 Å². The van der Waals surface area contributed by atoms with Crippen LogP contribution in [-0.4, -0.2) is 25.1 Å². The van der Waals surface area contributed by atoms with Crippen LogP contribution in [0.2, 0.25) is 0 Å². The molecule has 0 saturated heterocycles. The van der Waals surface area contributed by atoms with E-state index in [1.165, 1.54) is 17.1 Å². The van der Waals surface area contributed by atoms with Crippen LogP contribution >= 0.6 is 12.2 Å². The van der Waals surface area contributed by atoms with Crippen LogP contribution in [0.3, 0.4) is 0 Å². The maximum atomic E-state index is 12.8. The summed E-state index contributed by atoms with van der Waals surface area (Å²) in [6.07, 6.45) is 0.839. The van der Waals surface area contributed by atoms with E-state index < -0.39 is 10.0 Å². The Labute approximate surface area is 233 Å². The molecule has 1 aliphatic rings. The molecule has 1 amide bonds. The molecule has 0 aliphatic carbocycles. The highest BCUT2D eigenvalue weighted by atomic mass is 32.2. The minimum absolute atomic E-state index is 0.00154. The Balaban J connectivity index is 1.27. The summed E-state index contributed by atoms with van der Waals surface area (Å²) in [4.78, 5) is 12.7. The summed E-state index contributed by atoms with van der Waals surface area (Å²) in [5, 5.41) is 8.84. The van der Waals surface area contributed by atoms with E-state index in [1.807, 2.05) is 72.8 Å². The lowest BCUT2D eigenvalue weighted by Crippen LogP contribution is -2.38. The summed E-state index contributed by atoms with van der Waals surface area (Å²) in [5.74, 6) is -0.153. The fourth-order valence-electron chi connectivity index (χ4n) is 4.21. The van der Waals surface area contributed by atoms with Gasteiger partial charge in [-0.1, -0.05) is 84.9 Å². The van der Waals surface area contributed by atoms with E-state index in [9.17, 15) is 13.2 Å². The van der Waals surface area contributed by atoms with Crippen LogP contribution in [0, 0.1) is 0 Å². The highest BCUT2D eigenvalue weighted by Crippen LogP contribution is 2.25. The maximum Gasteiger partial charge on any atom is 0.263 e. The van der Waals surface area contributed by atoms with Crippen LogP contribution in [0.25, 0.3) is 11.1 Å². The van der Waals surface area contributed by atoms with Gasteiger partial charge in [-0.05, 0) is 58.7 Å². The number of rotatable bonds is 7. The third-order valence-corrected chi connectivity index (χ3v) is 8.01. The molecule has 4 aromatic carbocycles. The summed E-state index contributed by atoms with van der Waals surface area (Å²) in [6, 6.07) is 33.7. The molecule has 0 atom stereocenters. The van der Waals surface area contributed by atoms with Crippen LogP contribution in [0.15, 0.2) is 119 Å². The molecule has 196 valence electrons. The standard InChI is InChI=1S/C30H26N4O3S2/c35-29-20-19-28(25-13-11-24(12-14-25)23-9-5-2-6-10-23)32-34(29)26-15-17-27(18-16-26)39(36,37)33-30(38)31-21-22-7-3-1-4-8-22/h1-18H,19-21H2,(H2,31,33,38). The molecule has 5 rings (SSSR count). The number of sulfonamides is 1. The number of hydrogen-bond donors (Lipinski definition) is 2. The van der Waals surface area contributed by atoms with Gasteiger partial charge in [0.05, 0.1) is 16.3 Å². The fraction of sp³-hybridized carbons (Fsp3) is 0.100. The SMILES string of the molecule is O=C1CCC(c2ccc(-c3ccccc3)cc2)=NN1c1ccc(S(=O)(=O)NC(=S)NCc2ccccc2)cc1. The summed E-state index contributed by atoms with van der Waals surface area (Å²) >= 11 is 5.17. The zero-order valence-electron chi connectivity index (χ0n) is 20.9. The van der Waals surface area contributed by atoms with Crippen molar-refractivity contribution in [2.24, 2.45) is 5.10 Å². The number of nitrogens with zero attached hydrogens (tertiary/aromatic N) is 2. The average molecular weight is 555 g/mol. The number of nitrogens with one attached hydrogen (secondary N) is 2. The van der Waals surface area contributed by atoms with Gasteiger partial charge in [0.2, 0.25) is 5.91 Å². The highest BCUT2D eigenvalue weighted by Gasteiger charge is 2.24. The van der Waals surface area contributed by atoms with Gasteiger partial charge in [0.1, 0.15) is 0 Å². The average Bonchev–Trinajstić information content (AvgIpc) is 2.97. The van der Waals surface area contributed by atoms with Crippen molar-refractivity contribution in [3.05, 3.63) is 120 Å². The van der Waals surface area contributed by atoms with Crippen molar-refractivity contribution in [3.8, 4) is 11.1 Å². The molecule has 7 nitrogen and oxygen atoms in total. The van der Waals surface area contributed by atoms with Gasteiger partial charge < -0.3 is 5.32 Å². The van der Waals surface area contributed by atoms with Crippen molar-refractivity contribution in [1.82, 2.24) is 10.0 Å². The summed E-state index contributed by atoms with van der Waals surface area (Å²) in [5.41, 5.74) is 5.42. The summed E-state index contributed by atoms with van der Waals surface area (Å²) < 4.78 is 28.0. The first-order chi connectivity index (χ1) is 18.9. The minimum atomic E-state index is -3.90. The molecular weight excluding hydrogens is 528 g/mol. The lowest BCUT2D eigenvalue weighted by atomic mass is 9.99. The van der Waals surface area contributed by atoms with E-state index in [4.69, 9.17) is 12.2 Å². The first-order valence-corrected chi connectivity index (χ1v) is 14.3. The van der Waals surface area contributed by atoms with E-state index in [1.54, 1.807) is 12.1 Å². The topological polar surface area (TPSA) is 90.9 Å². The number of amides is 1. The second-order valence-corrected chi connectivity index (χ2v) is 11.1. The van der Waals surface area contributed by atoms with Gasteiger partial charge in [0.25, 0.3) is 10.0 Å². The zero-order chi connectivity index (χ0) is 27.2. The molecule has 2 N–H and O–H groups in total. The minimum Gasteiger partial charge on any atom is -0.358 e. The Morgan fingerprint density at radius 1 is 0.769 bits per heavy atom. The third-order valence-electron chi connectivity index (χ3n) is 6.27. The van der Waals surface area contributed by atoms with E-state index in [0.717, 1.165) is 28.0 Å². The van der Waals surface area contributed by atoms with Gasteiger partial charge >= 0.3 is 0 Å². The van der Waals surface area contributed by atoms with Crippen molar-refractivity contribution in [3.63, 3.8) is 0 Å². The Kier molecular flexibility index (Phi) is 7.81. The lowest BCUT2D eigenvalue weighted by Gasteiger charge is -2.24. The molecule has 0 saturated carbocycles. The summed E-state index contributed by atoms with van der Waals surface area (Å²) in [6.45, 7) is 0.396. The van der Waals surface area contributed by atoms with E-state index in [-0.39, 0.29) is 15.9 Å². The first-order valence-electron chi connectivity index (χ1n) is 12.4. The van der Waals surface area contributed by atoms with Crippen molar-refractivity contribution in [2.75, 3.05) is 5.01 Å². The number of benzene rings is 4. The molecule has 4 aromatic rings. The molecule has 1 aliphatic heterocycles. The van der Waals surface area contributed by atoms with Crippen LogP contribution in [0.4, 0.5) is 5.69 Å². The quantitative estimate of drug-likeness (QED) is 0.305. The Bertz CT molecular complexity index is 1600. The predicted molar refractivity (Wildman–Crippen MR) is 158 cm³/mol. The lowest BCUT2D eigenvalue weighted by molar-refractivity contribution is -0.118. The third kappa shape index (κ3) is 6.39. The molecule has 0 spiro atoms. The highest BCUT2D eigenvalue weighted by molar-refractivity contribution is 7.91. The van der Waals surface area contributed by atoms with E-state index >= 15 is 0 Å². The van der Waals surface area contributed by atoms with Crippen molar-refractivity contribution in [2.45, 2.75) is 24.3 Å². The monoisotopic (exact) mass is 554 g/mol.